The molecule has 1 aromatic carbocycles. The largest absolute Gasteiger partial charge is 0.529 e. The average molecular weight is 577 g/mol. The van der Waals surface area contributed by atoms with Gasteiger partial charge in [-0.05, 0) is 46.9 Å². The number of carbonyl (C=O) groups is 1. The van der Waals surface area contributed by atoms with Crippen molar-refractivity contribution < 1.29 is 38.3 Å². The first-order chi connectivity index (χ1) is 15.2. The van der Waals surface area contributed by atoms with Crippen molar-refractivity contribution in [2.24, 2.45) is 0 Å². The van der Waals surface area contributed by atoms with E-state index in [4.69, 9.17) is 15.0 Å². The molecule has 170 valence electrons. The van der Waals surface area contributed by atoms with Crippen molar-refractivity contribution in [2.75, 3.05) is 12.3 Å². The standard InChI is InChI=1S/C17H17IN5O8P/c18-9-3-1-8(2-4-9)17(26)31-32(27,28)29-5-10-12(24)13(25)16(30-10)23-7-22-11-14(19)20-6-21-15(11)23/h1-4,6-7,10,12-13,16,24-25H,5H2,(H,27,28)(H2,19,20,21)/t10-,12-,13-,16-/m1/s1. The fraction of sp³-hybridized carbons (Fsp3) is 0.294. The monoisotopic (exact) mass is 577 g/mol. The van der Waals surface area contributed by atoms with Gasteiger partial charge in [0.25, 0.3) is 0 Å². The maximum Gasteiger partial charge on any atom is 0.529 e. The van der Waals surface area contributed by atoms with Gasteiger partial charge in [-0.15, -0.1) is 0 Å². The van der Waals surface area contributed by atoms with E-state index in [0.717, 1.165) is 3.57 Å². The summed E-state index contributed by atoms with van der Waals surface area (Å²) in [5.74, 6) is -0.932. The van der Waals surface area contributed by atoms with Gasteiger partial charge >= 0.3 is 13.8 Å². The zero-order valence-electron chi connectivity index (χ0n) is 16.1. The van der Waals surface area contributed by atoms with Crippen LogP contribution in [0, 0.1) is 3.57 Å². The number of nitrogens with two attached hydrogens (primary N) is 1. The van der Waals surface area contributed by atoms with E-state index in [1.807, 2.05) is 22.6 Å². The van der Waals surface area contributed by atoms with Crippen LogP contribution in [0.2, 0.25) is 0 Å². The first-order valence-corrected chi connectivity index (χ1v) is 11.6. The van der Waals surface area contributed by atoms with Crippen LogP contribution in [0.3, 0.4) is 0 Å². The number of halogens is 1. The second-order valence-corrected chi connectivity index (χ2v) is 9.40. The fourth-order valence-corrected chi connectivity index (χ4v) is 4.15. The van der Waals surface area contributed by atoms with Crippen LogP contribution >= 0.6 is 30.4 Å². The number of carbonyl (C=O) groups excluding carboxylic acids is 1. The summed E-state index contributed by atoms with van der Waals surface area (Å²) in [5.41, 5.74) is 6.34. The van der Waals surface area contributed by atoms with E-state index in [2.05, 4.69) is 19.5 Å². The number of nitrogen functional groups attached to an aromatic ring is 1. The molecule has 0 spiro atoms. The fourth-order valence-electron chi connectivity index (χ4n) is 3.09. The normalized spacial score (nSPS) is 25.0. The molecule has 0 saturated carbocycles. The Morgan fingerprint density at radius 3 is 2.66 bits per heavy atom. The van der Waals surface area contributed by atoms with E-state index in [-0.39, 0.29) is 22.5 Å². The molecule has 0 amide bonds. The highest BCUT2D eigenvalue weighted by Gasteiger charge is 2.45. The minimum Gasteiger partial charge on any atom is -0.387 e. The molecule has 3 aromatic rings. The predicted octanol–water partition coefficient (Wildman–Crippen LogP) is 0.606. The Morgan fingerprint density at radius 2 is 1.94 bits per heavy atom. The van der Waals surface area contributed by atoms with Gasteiger partial charge in [-0.1, -0.05) is 0 Å². The number of nitrogens with zero attached hydrogens (tertiary/aromatic N) is 4. The van der Waals surface area contributed by atoms with E-state index >= 15 is 0 Å². The number of benzene rings is 1. The maximum absolute atomic E-state index is 12.2. The number of hydrogen-bond donors (Lipinski definition) is 4. The Hall–Kier alpha value is -2.20. The zero-order chi connectivity index (χ0) is 23.0. The molecule has 5 atom stereocenters. The van der Waals surface area contributed by atoms with Gasteiger partial charge in [0.05, 0.1) is 18.5 Å². The van der Waals surface area contributed by atoms with E-state index in [1.54, 1.807) is 12.1 Å². The number of hydrogen-bond acceptors (Lipinski definition) is 11. The van der Waals surface area contributed by atoms with Crippen LogP contribution in [0.4, 0.5) is 5.82 Å². The van der Waals surface area contributed by atoms with Crippen molar-refractivity contribution in [1.29, 1.82) is 0 Å². The van der Waals surface area contributed by atoms with Crippen molar-refractivity contribution in [1.82, 2.24) is 19.5 Å². The van der Waals surface area contributed by atoms with Crippen molar-refractivity contribution >= 4 is 53.4 Å². The highest BCUT2D eigenvalue weighted by atomic mass is 127. The van der Waals surface area contributed by atoms with Crippen molar-refractivity contribution in [2.45, 2.75) is 24.5 Å². The molecule has 5 N–H and O–H groups in total. The number of aliphatic hydroxyl groups excluding tert-OH is 2. The van der Waals surface area contributed by atoms with Gasteiger partial charge in [-0.25, -0.2) is 24.3 Å². The average Bonchev–Trinajstić information content (AvgIpc) is 3.29. The summed E-state index contributed by atoms with van der Waals surface area (Å²) in [4.78, 5) is 33.9. The molecule has 15 heteroatoms. The summed E-state index contributed by atoms with van der Waals surface area (Å²) in [6.07, 6.45) is -2.76. The Balaban J connectivity index is 1.42. The molecule has 0 aliphatic carbocycles. The third-order valence-electron chi connectivity index (χ3n) is 4.68. The van der Waals surface area contributed by atoms with Gasteiger partial charge in [0.15, 0.2) is 17.7 Å². The Morgan fingerprint density at radius 1 is 1.22 bits per heavy atom. The molecule has 0 radical (unpaired) electrons. The van der Waals surface area contributed by atoms with E-state index in [9.17, 15) is 24.5 Å². The maximum atomic E-state index is 12.2. The van der Waals surface area contributed by atoms with Gasteiger partial charge in [0.1, 0.15) is 30.2 Å². The third-order valence-corrected chi connectivity index (χ3v) is 6.27. The van der Waals surface area contributed by atoms with Crippen LogP contribution in [0.1, 0.15) is 16.6 Å². The highest BCUT2D eigenvalue weighted by molar-refractivity contribution is 14.1. The second kappa shape index (κ2) is 8.97. The van der Waals surface area contributed by atoms with Gasteiger partial charge in [0.2, 0.25) is 0 Å². The molecule has 1 saturated heterocycles. The quantitative estimate of drug-likeness (QED) is 0.236. The van der Waals surface area contributed by atoms with Crippen LogP contribution in [0.15, 0.2) is 36.9 Å². The number of ether oxygens (including phenoxy) is 1. The first-order valence-electron chi connectivity index (χ1n) is 9.08. The topological polar surface area (TPSA) is 192 Å². The Kier molecular flexibility index (Phi) is 6.44. The van der Waals surface area contributed by atoms with Crippen LogP contribution in [0.5, 0.6) is 0 Å². The molecule has 3 heterocycles. The number of phosphoric acid groups is 1. The second-order valence-electron chi connectivity index (χ2n) is 6.78. The SMILES string of the molecule is Nc1ncnc2c1ncn2[C@@H]1O[C@H](COP(=O)(O)OC(=O)c2ccc(I)cc2)[C@@H](O)[C@H]1O. The summed E-state index contributed by atoms with van der Waals surface area (Å²) < 4.78 is 29.4. The summed E-state index contributed by atoms with van der Waals surface area (Å²) in [6.45, 7) is -0.647. The van der Waals surface area contributed by atoms with Crippen molar-refractivity contribution in [3.8, 4) is 0 Å². The minimum absolute atomic E-state index is 0.0594. The molecule has 2 aromatic heterocycles. The molecular weight excluding hydrogens is 560 g/mol. The van der Waals surface area contributed by atoms with E-state index < -0.39 is 44.9 Å². The van der Waals surface area contributed by atoms with E-state index in [1.165, 1.54) is 29.4 Å². The van der Waals surface area contributed by atoms with Crippen molar-refractivity contribution in [3.05, 3.63) is 46.1 Å². The molecule has 1 unspecified atom stereocenters. The minimum atomic E-state index is -4.83. The van der Waals surface area contributed by atoms with Crippen LogP contribution in [0.25, 0.3) is 11.2 Å². The number of fused-ring (bicyclic) bond motifs is 1. The first kappa shape index (κ1) is 23.0. The summed E-state index contributed by atoms with van der Waals surface area (Å²) >= 11 is 2.04. The van der Waals surface area contributed by atoms with Gasteiger partial charge in [-0.3, -0.25) is 14.0 Å². The molecule has 4 rings (SSSR count). The number of imidazole rings is 1. The summed E-state index contributed by atoms with van der Waals surface area (Å²) in [6, 6.07) is 6.12. The number of anilines is 1. The zero-order valence-corrected chi connectivity index (χ0v) is 19.1. The van der Waals surface area contributed by atoms with Gasteiger partial charge in [0, 0.05) is 3.57 Å². The molecule has 1 fully saturated rings. The van der Waals surface area contributed by atoms with Crippen LogP contribution in [-0.4, -0.2) is 65.5 Å². The number of aromatic nitrogens is 4. The number of phosphoric ester groups is 1. The highest BCUT2D eigenvalue weighted by Crippen LogP contribution is 2.45. The van der Waals surface area contributed by atoms with Gasteiger partial charge < -0.3 is 25.2 Å². The molecule has 1 aliphatic heterocycles. The molecule has 0 bridgehead atoms. The lowest BCUT2D eigenvalue weighted by Gasteiger charge is -2.17. The lowest BCUT2D eigenvalue weighted by molar-refractivity contribution is -0.0508. The Labute approximate surface area is 193 Å². The smallest absolute Gasteiger partial charge is 0.387 e. The summed E-state index contributed by atoms with van der Waals surface area (Å²) in [5, 5.41) is 20.7. The van der Waals surface area contributed by atoms with Crippen LogP contribution in [-0.2, 0) is 18.3 Å². The lowest BCUT2D eigenvalue weighted by atomic mass is 10.1. The Bertz CT molecular complexity index is 1190. The predicted molar refractivity (Wildman–Crippen MR) is 116 cm³/mol. The molecule has 13 nitrogen and oxygen atoms in total. The summed E-state index contributed by atoms with van der Waals surface area (Å²) in [7, 11) is -4.83. The third kappa shape index (κ3) is 4.61. The van der Waals surface area contributed by atoms with Crippen LogP contribution < -0.4 is 5.73 Å². The van der Waals surface area contributed by atoms with E-state index in [0.29, 0.717) is 0 Å². The number of rotatable bonds is 6. The molecule has 32 heavy (non-hydrogen) atoms. The lowest BCUT2D eigenvalue weighted by Crippen LogP contribution is -2.33. The van der Waals surface area contributed by atoms with Crippen molar-refractivity contribution in [3.63, 3.8) is 0 Å². The molecular formula is C17H17IN5O8P. The molecule has 1 aliphatic rings. The van der Waals surface area contributed by atoms with Gasteiger partial charge in [-0.2, -0.15) is 0 Å². The number of aliphatic hydroxyl groups is 2.